The van der Waals surface area contributed by atoms with Crippen LogP contribution in [-0.2, 0) is 10.0 Å². The number of sulfonamides is 1. The van der Waals surface area contributed by atoms with Crippen molar-refractivity contribution in [2.45, 2.75) is 43.1 Å². The third-order valence-corrected chi connectivity index (χ3v) is 5.40. The van der Waals surface area contributed by atoms with Crippen molar-refractivity contribution in [3.8, 4) is 6.07 Å². The Labute approximate surface area is 124 Å². The van der Waals surface area contributed by atoms with E-state index in [4.69, 9.17) is 5.26 Å². The lowest BCUT2D eigenvalue weighted by atomic mass is 9.80. The molecule has 1 aliphatic carbocycles. The molecule has 0 radical (unpaired) electrons. The van der Waals surface area contributed by atoms with E-state index in [0.29, 0.717) is 18.8 Å². The van der Waals surface area contributed by atoms with Crippen LogP contribution in [0.5, 0.6) is 0 Å². The molecule has 21 heavy (non-hydrogen) atoms. The first-order valence-corrected chi connectivity index (χ1v) is 8.42. The van der Waals surface area contributed by atoms with Crippen molar-refractivity contribution < 1.29 is 13.5 Å². The van der Waals surface area contributed by atoms with E-state index in [2.05, 4.69) is 16.6 Å². The van der Waals surface area contributed by atoms with E-state index >= 15 is 0 Å². The molecule has 0 spiro atoms. The number of rotatable bonds is 4. The molecule has 0 unspecified atom stereocenters. The van der Waals surface area contributed by atoms with Crippen LogP contribution in [0.4, 0.5) is 0 Å². The molecule has 0 amide bonds. The molecule has 6 nitrogen and oxygen atoms in total. The Morgan fingerprint density at radius 1 is 1.52 bits per heavy atom. The first-order valence-electron chi connectivity index (χ1n) is 6.93. The van der Waals surface area contributed by atoms with Crippen molar-refractivity contribution in [2.24, 2.45) is 5.92 Å². The van der Waals surface area contributed by atoms with Crippen LogP contribution in [0.2, 0.25) is 0 Å². The fourth-order valence-corrected chi connectivity index (χ4v) is 3.70. The van der Waals surface area contributed by atoms with Crippen molar-refractivity contribution in [3.05, 3.63) is 24.0 Å². The molecule has 2 rings (SSSR count). The van der Waals surface area contributed by atoms with Crippen molar-refractivity contribution in [2.75, 3.05) is 6.54 Å². The molecule has 1 aliphatic rings. The van der Waals surface area contributed by atoms with E-state index in [-0.39, 0.29) is 17.1 Å². The molecule has 1 aromatic heterocycles. The average molecular weight is 309 g/mol. The van der Waals surface area contributed by atoms with E-state index in [1.807, 2.05) is 0 Å². The number of pyridine rings is 1. The van der Waals surface area contributed by atoms with Gasteiger partial charge in [-0.2, -0.15) is 5.26 Å². The number of hydrogen-bond acceptors (Lipinski definition) is 5. The van der Waals surface area contributed by atoms with Crippen LogP contribution in [0, 0.1) is 17.2 Å². The van der Waals surface area contributed by atoms with Crippen LogP contribution in [0.15, 0.2) is 23.2 Å². The Morgan fingerprint density at radius 3 is 2.81 bits per heavy atom. The van der Waals surface area contributed by atoms with Gasteiger partial charge in [0.2, 0.25) is 10.0 Å². The maximum atomic E-state index is 12.2. The molecule has 0 bridgehead atoms. The van der Waals surface area contributed by atoms with Gasteiger partial charge in [0.15, 0.2) is 5.69 Å². The third kappa shape index (κ3) is 3.79. The summed E-state index contributed by atoms with van der Waals surface area (Å²) in [6.45, 7) is 2.08. The second-order valence-corrected chi connectivity index (χ2v) is 7.43. The highest BCUT2D eigenvalue weighted by molar-refractivity contribution is 7.89. The van der Waals surface area contributed by atoms with Gasteiger partial charge in [-0.05, 0) is 43.7 Å². The Morgan fingerprint density at radius 2 is 2.19 bits per heavy atom. The number of nitrogens with one attached hydrogen (secondary N) is 1. The molecule has 0 aliphatic heterocycles. The van der Waals surface area contributed by atoms with Gasteiger partial charge in [0.25, 0.3) is 0 Å². The molecule has 1 fully saturated rings. The van der Waals surface area contributed by atoms with Crippen LogP contribution >= 0.6 is 0 Å². The molecule has 2 N–H and O–H groups in total. The van der Waals surface area contributed by atoms with Gasteiger partial charge in [-0.3, -0.25) is 0 Å². The zero-order valence-electron chi connectivity index (χ0n) is 11.9. The number of aliphatic hydroxyl groups is 1. The second-order valence-electron chi connectivity index (χ2n) is 5.69. The number of nitriles is 1. The highest BCUT2D eigenvalue weighted by atomic mass is 32.2. The van der Waals surface area contributed by atoms with Gasteiger partial charge < -0.3 is 5.11 Å². The van der Waals surface area contributed by atoms with Crippen LogP contribution in [0.25, 0.3) is 0 Å². The van der Waals surface area contributed by atoms with Gasteiger partial charge in [-0.25, -0.2) is 18.1 Å². The van der Waals surface area contributed by atoms with Crippen molar-refractivity contribution >= 4 is 10.0 Å². The Hall–Kier alpha value is -1.49. The summed E-state index contributed by atoms with van der Waals surface area (Å²) >= 11 is 0. The molecule has 0 saturated heterocycles. The summed E-state index contributed by atoms with van der Waals surface area (Å²) in [5, 5.41) is 19.3. The summed E-state index contributed by atoms with van der Waals surface area (Å²) in [5.74, 6) is 0.561. The standard InChI is InChI=1S/C14H19N3O3S/c1-11-4-6-14(18,7-5-11)10-17-21(19,20)13-3-2-8-16-12(13)9-15/h2-3,8,11,17-18H,4-7,10H2,1H3. The SMILES string of the molecule is CC1CCC(O)(CNS(=O)(=O)c2cccnc2C#N)CC1. The lowest BCUT2D eigenvalue weighted by molar-refractivity contribution is -0.00183. The van der Waals surface area contributed by atoms with Gasteiger partial charge in [-0.1, -0.05) is 6.92 Å². The topological polar surface area (TPSA) is 103 Å². The summed E-state index contributed by atoms with van der Waals surface area (Å²) in [6, 6.07) is 4.56. The molecule has 7 heteroatoms. The summed E-state index contributed by atoms with van der Waals surface area (Å²) in [7, 11) is -3.85. The fraction of sp³-hybridized carbons (Fsp3) is 0.571. The highest BCUT2D eigenvalue weighted by Crippen LogP contribution is 2.31. The Kier molecular flexibility index (Phi) is 4.61. The predicted octanol–water partition coefficient (Wildman–Crippen LogP) is 1.17. The molecular weight excluding hydrogens is 290 g/mol. The van der Waals surface area contributed by atoms with Crippen molar-refractivity contribution in [1.82, 2.24) is 9.71 Å². The highest BCUT2D eigenvalue weighted by Gasteiger charge is 2.33. The quantitative estimate of drug-likeness (QED) is 0.869. The minimum absolute atomic E-state index is 0.0399. The van der Waals surface area contributed by atoms with E-state index in [9.17, 15) is 13.5 Å². The predicted molar refractivity (Wildman–Crippen MR) is 76.7 cm³/mol. The normalized spacial score (nSPS) is 26.2. The number of hydrogen-bond donors (Lipinski definition) is 2. The Bertz CT molecular complexity index is 644. The maximum Gasteiger partial charge on any atom is 0.243 e. The average Bonchev–Trinajstić information content (AvgIpc) is 2.49. The van der Waals surface area contributed by atoms with Crippen LogP contribution in [0.1, 0.15) is 38.3 Å². The first kappa shape index (κ1) is 15.9. The summed E-state index contributed by atoms with van der Waals surface area (Å²) < 4.78 is 26.9. The van der Waals surface area contributed by atoms with E-state index in [1.54, 1.807) is 6.07 Å². The van der Waals surface area contributed by atoms with Gasteiger partial charge in [-0.15, -0.1) is 0 Å². The molecular formula is C14H19N3O3S. The molecule has 1 aromatic rings. The molecule has 0 atom stereocenters. The largest absolute Gasteiger partial charge is 0.389 e. The van der Waals surface area contributed by atoms with Crippen molar-refractivity contribution in [3.63, 3.8) is 0 Å². The summed E-state index contributed by atoms with van der Waals surface area (Å²) in [5.41, 5.74) is -1.15. The minimum atomic E-state index is -3.85. The molecule has 0 aromatic carbocycles. The van der Waals surface area contributed by atoms with E-state index < -0.39 is 15.6 Å². The first-order chi connectivity index (χ1) is 9.86. The summed E-state index contributed by atoms with van der Waals surface area (Å²) in [4.78, 5) is 3.59. The Balaban J connectivity index is 2.10. The zero-order valence-corrected chi connectivity index (χ0v) is 12.7. The summed E-state index contributed by atoms with van der Waals surface area (Å²) in [6.07, 6.45) is 4.29. The zero-order chi connectivity index (χ0) is 15.5. The molecule has 1 heterocycles. The van der Waals surface area contributed by atoms with Gasteiger partial charge >= 0.3 is 0 Å². The van der Waals surface area contributed by atoms with Gasteiger partial charge in [0.1, 0.15) is 11.0 Å². The van der Waals surface area contributed by atoms with Crippen LogP contribution in [-0.4, -0.2) is 30.7 Å². The van der Waals surface area contributed by atoms with Crippen LogP contribution < -0.4 is 4.72 Å². The van der Waals surface area contributed by atoms with Crippen LogP contribution in [0.3, 0.4) is 0 Å². The van der Waals surface area contributed by atoms with Gasteiger partial charge in [0.05, 0.1) is 5.60 Å². The lowest BCUT2D eigenvalue weighted by Gasteiger charge is -2.34. The lowest BCUT2D eigenvalue weighted by Crippen LogP contribution is -2.45. The second kappa shape index (κ2) is 6.10. The number of aromatic nitrogens is 1. The molecule has 1 saturated carbocycles. The van der Waals surface area contributed by atoms with E-state index in [0.717, 1.165) is 12.8 Å². The monoisotopic (exact) mass is 309 g/mol. The van der Waals surface area contributed by atoms with Crippen molar-refractivity contribution in [1.29, 1.82) is 5.26 Å². The fourth-order valence-electron chi connectivity index (χ4n) is 2.47. The smallest absolute Gasteiger partial charge is 0.243 e. The van der Waals surface area contributed by atoms with Gasteiger partial charge in [0, 0.05) is 12.7 Å². The number of nitrogens with zero attached hydrogens (tertiary/aromatic N) is 2. The van der Waals surface area contributed by atoms with E-state index in [1.165, 1.54) is 18.3 Å². The maximum absolute atomic E-state index is 12.2. The molecule has 114 valence electrons. The third-order valence-electron chi connectivity index (χ3n) is 3.96. The minimum Gasteiger partial charge on any atom is -0.389 e.